The summed E-state index contributed by atoms with van der Waals surface area (Å²) in [7, 11) is 0. The van der Waals surface area contributed by atoms with Crippen LogP contribution >= 0.6 is 0 Å². The topological polar surface area (TPSA) is 49.4 Å². The molecule has 1 unspecified atom stereocenters. The molecule has 2 aliphatic rings. The van der Waals surface area contributed by atoms with E-state index in [1.165, 1.54) is 17.5 Å². The monoisotopic (exact) mass is 348 g/mol. The zero-order chi connectivity index (χ0) is 17.9. The second-order valence-corrected chi connectivity index (χ2v) is 7.22. The number of aryl methyl sites for hydroxylation is 2. The van der Waals surface area contributed by atoms with Crippen LogP contribution in [0.5, 0.6) is 0 Å². The van der Waals surface area contributed by atoms with Gasteiger partial charge in [-0.1, -0.05) is 36.4 Å². The van der Waals surface area contributed by atoms with Crippen LogP contribution in [-0.4, -0.2) is 29.8 Å². The molecule has 4 rings (SSSR count). The Morgan fingerprint density at radius 3 is 2.58 bits per heavy atom. The zero-order valence-corrected chi connectivity index (χ0v) is 14.9. The molecule has 2 aromatic rings. The number of nitrogens with one attached hydrogen (secondary N) is 1. The fourth-order valence-corrected chi connectivity index (χ4v) is 3.99. The van der Waals surface area contributed by atoms with Crippen LogP contribution in [0.2, 0.25) is 0 Å². The lowest BCUT2D eigenvalue weighted by atomic mass is 10.0. The SMILES string of the molecule is O=C(NC(CN1CCCC1=O)c1ccccc1)c1ccc2c(c1)CCC2. The molecule has 2 amide bonds. The van der Waals surface area contributed by atoms with Crippen molar-refractivity contribution in [1.82, 2.24) is 10.2 Å². The summed E-state index contributed by atoms with van der Waals surface area (Å²) in [4.78, 5) is 26.8. The Hall–Kier alpha value is -2.62. The Labute approximate surface area is 154 Å². The fraction of sp³-hybridized carbons (Fsp3) is 0.364. The molecule has 0 bridgehead atoms. The van der Waals surface area contributed by atoms with Gasteiger partial charge in [-0.15, -0.1) is 0 Å². The molecule has 1 N–H and O–H groups in total. The van der Waals surface area contributed by atoms with Gasteiger partial charge in [0.1, 0.15) is 0 Å². The average Bonchev–Trinajstić information content (AvgIpc) is 3.30. The van der Waals surface area contributed by atoms with E-state index in [9.17, 15) is 9.59 Å². The van der Waals surface area contributed by atoms with Gasteiger partial charge in [0.15, 0.2) is 0 Å². The summed E-state index contributed by atoms with van der Waals surface area (Å²) in [6, 6.07) is 15.7. The molecule has 1 aliphatic heterocycles. The van der Waals surface area contributed by atoms with Crippen molar-refractivity contribution in [2.75, 3.05) is 13.1 Å². The van der Waals surface area contributed by atoms with Gasteiger partial charge in [0.2, 0.25) is 5.91 Å². The van der Waals surface area contributed by atoms with Crippen LogP contribution < -0.4 is 5.32 Å². The maximum atomic E-state index is 12.9. The van der Waals surface area contributed by atoms with E-state index in [0.717, 1.165) is 31.4 Å². The van der Waals surface area contributed by atoms with E-state index >= 15 is 0 Å². The number of hydrogen-bond acceptors (Lipinski definition) is 2. The van der Waals surface area contributed by atoms with Crippen LogP contribution in [0.1, 0.15) is 52.4 Å². The molecule has 1 atom stereocenters. The molecule has 1 saturated heterocycles. The molecule has 1 fully saturated rings. The zero-order valence-electron chi connectivity index (χ0n) is 14.9. The van der Waals surface area contributed by atoms with Crippen LogP contribution in [0.3, 0.4) is 0 Å². The van der Waals surface area contributed by atoms with Gasteiger partial charge in [0.25, 0.3) is 5.91 Å². The van der Waals surface area contributed by atoms with Crippen molar-refractivity contribution in [1.29, 1.82) is 0 Å². The normalized spacial score (nSPS) is 17.2. The summed E-state index contributed by atoms with van der Waals surface area (Å²) in [6.45, 7) is 1.30. The first kappa shape index (κ1) is 16.8. The summed E-state index contributed by atoms with van der Waals surface area (Å²) >= 11 is 0. The van der Waals surface area contributed by atoms with Crippen molar-refractivity contribution in [3.05, 3.63) is 70.8 Å². The van der Waals surface area contributed by atoms with E-state index in [-0.39, 0.29) is 17.9 Å². The number of amides is 2. The standard InChI is InChI=1S/C22H24N2O2/c25-21-10-5-13-24(21)15-20(17-6-2-1-3-7-17)23-22(26)19-12-11-16-8-4-9-18(16)14-19/h1-3,6-7,11-12,14,20H,4-5,8-10,13,15H2,(H,23,26). The van der Waals surface area contributed by atoms with Gasteiger partial charge in [-0.05, 0) is 54.5 Å². The minimum atomic E-state index is -0.195. The molecule has 0 saturated carbocycles. The van der Waals surface area contributed by atoms with Gasteiger partial charge in [-0.3, -0.25) is 9.59 Å². The van der Waals surface area contributed by atoms with E-state index in [0.29, 0.717) is 18.5 Å². The Morgan fingerprint density at radius 1 is 1.00 bits per heavy atom. The molecule has 1 aliphatic carbocycles. The molecule has 0 radical (unpaired) electrons. The number of carbonyl (C=O) groups excluding carboxylic acids is 2. The van der Waals surface area contributed by atoms with Crippen molar-refractivity contribution >= 4 is 11.8 Å². The quantitative estimate of drug-likeness (QED) is 0.901. The van der Waals surface area contributed by atoms with Gasteiger partial charge < -0.3 is 10.2 Å². The van der Waals surface area contributed by atoms with E-state index in [2.05, 4.69) is 11.4 Å². The molecule has 26 heavy (non-hydrogen) atoms. The number of likely N-dealkylation sites (tertiary alicyclic amines) is 1. The molecular weight excluding hydrogens is 324 g/mol. The average molecular weight is 348 g/mol. The van der Waals surface area contributed by atoms with Crippen LogP contribution in [-0.2, 0) is 17.6 Å². The van der Waals surface area contributed by atoms with Gasteiger partial charge >= 0.3 is 0 Å². The van der Waals surface area contributed by atoms with Crippen molar-refractivity contribution < 1.29 is 9.59 Å². The Balaban J connectivity index is 1.54. The first-order chi connectivity index (χ1) is 12.7. The van der Waals surface area contributed by atoms with Crippen LogP contribution in [0.15, 0.2) is 48.5 Å². The van der Waals surface area contributed by atoms with E-state index in [1.807, 2.05) is 47.4 Å². The van der Waals surface area contributed by atoms with Gasteiger partial charge in [0.05, 0.1) is 6.04 Å². The number of fused-ring (bicyclic) bond motifs is 1. The Kier molecular flexibility index (Phi) is 4.74. The van der Waals surface area contributed by atoms with Crippen molar-refractivity contribution in [2.45, 2.75) is 38.1 Å². The second kappa shape index (κ2) is 7.32. The van der Waals surface area contributed by atoms with Crippen LogP contribution in [0.25, 0.3) is 0 Å². The summed E-state index contributed by atoms with van der Waals surface area (Å²) < 4.78 is 0. The third-order valence-corrected chi connectivity index (χ3v) is 5.44. The highest BCUT2D eigenvalue weighted by Gasteiger charge is 2.25. The number of rotatable bonds is 5. The van der Waals surface area contributed by atoms with Gasteiger partial charge in [0, 0.05) is 25.1 Å². The minimum Gasteiger partial charge on any atom is -0.343 e. The minimum absolute atomic E-state index is 0.0693. The summed E-state index contributed by atoms with van der Waals surface area (Å²) in [6.07, 6.45) is 4.85. The number of hydrogen-bond donors (Lipinski definition) is 1. The van der Waals surface area contributed by atoms with Gasteiger partial charge in [-0.2, -0.15) is 0 Å². The second-order valence-electron chi connectivity index (χ2n) is 7.22. The first-order valence-corrected chi connectivity index (χ1v) is 9.46. The van der Waals surface area contributed by atoms with E-state index in [1.54, 1.807) is 0 Å². The van der Waals surface area contributed by atoms with E-state index < -0.39 is 0 Å². The molecule has 1 heterocycles. The van der Waals surface area contributed by atoms with Crippen LogP contribution in [0.4, 0.5) is 0 Å². The number of carbonyl (C=O) groups is 2. The molecular formula is C22H24N2O2. The summed E-state index contributed by atoms with van der Waals surface area (Å²) in [5.74, 6) is 0.109. The maximum Gasteiger partial charge on any atom is 0.251 e. The summed E-state index contributed by atoms with van der Waals surface area (Å²) in [5, 5.41) is 3.16. The summed E-state index contributed by atoms with van der Waals surface area (Å²) in [5.41, 5.74) is 4.40. The Morgan fingerprint density at radius 2 is 1.81 bits per heavy atom. The molecule has 4 nitrogen and oxygen atoms in total. The number of benzene rings is 2. The lowest BCUT2D eigenvalue weighted by molar-refractivity contribution is -0.128. The Bertz CT molecular complexity index is 816. The molecule has 4 heteroatoms. The van der Waals surface area contributed by atoms with Crippen molar-refractivity contribution in [2.24, 2.45) is 0 Å². The predicted molar refractivity (Wildman–Crippen MR) is 101 cm³/mol. The van der Waals surface area contributed by atoms with Crippen LogP contribution in [0, 0.1) is 0 Å². The first-order valence-electron chi connectivity index (χ1n) is 9.46. The smallest absolute Gasteiger partial charge is 0.251 e. The molecule has 0 aromatic heterocycles. The third kappa shape index (κ3) is 3.50. The maximum absolute atomic E-state index is 12.9. The largest absolute Gasteiger partial charge is 0.343 e. The van der Waals surface area contributed by atoms with Gasteiger partial charge in [-0.25, -0.2) is 0 Å². The predicted octanol–water partition coefficient (Wildman–Crippen LogP) is 3.27. The lowest BCUT2D eigenvalue weighted by Gasteiger charge is -2.25. The lowest BCUT2D eigenvalue weighted by Crippen LogP contribution is -2.38. The van der Waals surface area contributed by atoms with E-state index in [4.69, 9.17) is 0 Å². The molecule has 134 valence electrons. The van der Waals surface area contributed by atoms with Crippen molar-refractivity contribution in [3.63, 3.8) is 0 Å². The fourth-order valence-electron chi connectivity index (χ4n) is 3.99. The molecule has 2 aromatic carbocycles. The highest BCUT2D eigenvalue weighted by Crippen LogP contribution is 2.24. The number of nitrogens with zero attached hydrogens (tertiary/aromatic N) is 1. The third-order valence-electron chi connectivity index (χ3n) is 5.44. The highest BCUT2D eigenvalue weighted by molar-refractivity contribution is 5.94. The molecule has 0 spiro atoms. The highest BCUT2D eigenvalue weighted by atomic mass is 16.2. The van der Waals surface area contributed by atoms with Crippen molar-refractivity contribution in [3.8, 4) is 0 Å².